The number of amides is 1. The van der Waals surface area contributed by atoms with Gasteiger partial charge < -0.3 is 14.6 Å². The van der Waals surface area contributed by atoms with Gasteiger partial charge in [0.2, 0.25) is 0 Å². The summed E-state index contributed by atoms with van der Waals surface area (Å²) in [5.74, 6) is 0.548. The predicted molar refractivity (Wildman–Crippen MR) is 133 cm³/mol. The number of aromatic amines is 1. The number of likely N-dealkylation sites (tertiary alicyclic amines) is 2. The van der Waals surface area contributed by atoms with E-state index in [4.69, 9.17) is 4.74 Å². The van der Waals surface area contributed by atoms with Crippen LogP contribution in [0.3, 0.4) is 0 Å². The standard InChI is InChI=1S/C26H32N8O2/c27-9-8-26(34-14-20(13-31-34)23-22-5-10-28-24(22)30-18-29-23)16-33(17-26)21-6-11-32(12-7-21)25(35)36-15-19-3-1-2-4-19/h5,10,13-14,18-19,21H,1-4,6-8,11-12,15-17H2,(H,28,29,30). The number of nitriles is 1. The molecule has 6 rings (SSSR count). The summed E-state index contributed by atoms with van der Waals surface area (Å²) < 4.78 is 7.56. The Morgan fingerprint density at radius 1 is 1.19 bits per heavy atom. The molecule has 1 saturated carbocycles. The predicted octanol–water partition coefficient (Wildman–Crippen LogP) is 3.54. The maximum absolute atomic E-state index is 12.5. The molecule has 2 saturated heterocycles. The monoisotopic (exact) mass is 488 g/mol. The molecule has 0 bridgehead atoms. The Hall–Kier alpha value is -3.45. The van der Waals surface area contributed by atoms with Gasteiger partial charge in [0.05, 0.1) is 31.0 Å². The topological polar surface area (TPSA) is 116 Å². The Morgan fingerprint density at radius 3 is 2.78 bits per heavy atom. The smallest absolute Gasteiger partial charge is 0.409 e. The van der Waals surface area contributed by atoms with E-state index in [1.54, 1.807) is 6.33 Å². The molecule has 188 valence electrons. The minimum atomic E-state index is -0.339. The fourth-order valence-electron chi connectivity index (χ4n) is 6.13. The first-order valence-electron chi connectivity index (χ1n) is 13.0. The number of nitrogens with zero attached hydrogens (tertiary/aromatic N) is 7. The summed E-state index contributed by atoms with van der Waals surface area (Å²) in [5, 5.41) is 15.2. The van der Waals surface area contributed by atoms with Crippen LogP contribution in [0.15, 0.2) is 31.0 Å². The number of aromatic nitrogens is 5. The van der Waals surface area contributed by atoms with E-state index < -0.39 is 0 Å². The normalized spacial score (nSPS) is 20.9. The van der Waals surface area contributed by atoms with Gasteiger partial charge >= 0.3 is 6.09 Å². The van der Waals surface area contributed by atoms with Crippen molar-refractivity contribution in [3.05, 3.63) is 31.0 Å². The number of hydrogen-bond donors (Lipinski definition) is 1. The summed E-state index contributed by atoms with van der Waals surface area (Å²) >= 11 is 0. The van der Waals surface area contributed by atoms with Gasteiger partial charge in [-0.1, -0.05) is 12.8 Å². The van der Waals surface area contributed by atoms with Crippen LogP contribution in [0.4, 0.5) is 4.79 Å². The van der Waals surface area contributed by atoms with Crippen molar-refractivity contribution >= 4 is 17.1 Å². The number of rotatable bonds is 6. The maximum Gasteiger partial charge on any atom is 0.409 e. The molecule has 2 aliphatic heterocycles. The molecular weight excluding hydrogens is 456 g/mol. The van der Waals surface area contributed by atoms with Crippen molar-refractivity contribution in [2.75, 3.05) is 32.8 Å². The molecule has 0 spiro atoms. The van der Waals surface area contributed by atoms with Crippen molar-refractivity contribution in [1.29, 1.82) is 5.26 Å². The summed E-state index contributed by atoms with van der Waals surface area (Å²) in [5.41, 5.74) is 2.21. The average Bonchev–Trinajstić information content (AvgIpc) is 3.66. The molecule has 10 heteroatoms. The van der Waals surface area contributed by atoms with E-state index in [-0.39, 0.29) is 11.6 Å². The number of piperidine rings is 1. The number of ether oxygens (including phenoxy) is 1. The average molecular weight is 489 g/mol. The molecule has 0 atom stereocenters. The second kappa shape index (κ2) is 9.54. The molecular formula is C26H32N8O2. The van der Waals surface area contributed by atoms with E-state index in [0.29, 0.717) is 25.0 Å². The van der Waals surface area contributed by atoms with Gasteiger partial charge in [-0.15, -0.1) is 0 Å². The largest absolute Gasteiger partial charge is 0.449 e. The quantitative estimate of drug-likeness (QED) is 0.564. The van der Waals surface area contributed by atoms with E-state index in [0.717, 1.165) is 61.3 Å². The van der Waals surface area contributed by atoms with Gasteiger partial charge in [-0.05, 0) is 37.7 Å². The Morgan fingerprint density at radius 2 is 2.00 bits per heavy atom. The molecule has 1 N–H and O–H groups in total. The zero-order valence-corrected chi connectivity index (χ0v) is 20.5. The van der Waals surface area contributed by atoms with Gasteiger partial charge in [-0.25, -0.2) is 14.8 Å². The lowest BCUT2D eigenvalue weighted by Gasteiger charge is -2.53. The number of hydrogen-bond acceptors (Lipinski definition) is 7. The summed E-state index contributed by atoms with van der Waals surface area (Å²) in [6.45, 7) is 3.58. The fraction of sp³-hybridized carbons (Fsp3) is 0.577. The van der Waals surface area contributed by atoms with Crippen LogP contribution in [0.25, 0.3) is 22.3 Å². The van der Waals surface area contributed by atoms with E-state index in [9.17, 15) is 10.1 Å². The molecule has 36 heavy (non-hydrogen) atoms. The number of carbonyl (C=O) groups excluding carboxylic acids is 1. The summed E-state index contributed by atoms with van der Waals surface area (Å²) in [7, 11) is 0. The molecule has 5 heterocycles. The first-order valence-corrected chi connectivity index (χ1v) is 13.0. The summed E-state index contributed by atoms with van der Waals surface area (Å²) in [6.07, 6.45) is 14.2. The number of nitrogens with one attached hydrogen (secondary N) is 1. The molecule has 0 radical (unpaired) electrons. The zero-order valence-electron chi connectivity index (χ0n) is 20.5. The van der Waals surface area contributed by atoms with Crippen LogP contribution in [0.5, 0.6) is 0 Å². The van der Waals surface area contributed by atoms with Crippen LogP contribution >= 0.6 is 0 Å². The van der Waals surface area contributed by atoms with Crippen LogP contribution in [-0.4, -0.2) is 79.5 Å². The van der Waals surface area contributed by atoms with Crippen molar-refractivity contribution in [2.45, 2.75) is 56.5 Å². The van der Waals surface area contributed by atoms with Gasteiger partial charge in [0.15, 0.2) is 0 Å². The first kappa shape index (κ1) is 23.0. The Labute approximate surface area is 210 Å². The Balaban J connectivity index is 1.07. The van der Waals surface area contributed by atoms with Crippen LogP contribution in [0.1, 0.15) is 44.9 Å². The number of fused-ring (bicyclic) bond motifs is 1. The highest BCUT2D eigenvalue weighted by molar-refractivity contribution is 5.90. The van der Waals surface area contributed by atoms with Crippen LogP contribution in [0.2, 0.25) is 0 Å². The van der Waals surface area contributed by atoms with Gasteiger partial charge in [0.1, 0.15) is 17.5 Å². The van der Waals surface area contributed by atoms with Gasteiger partial charge in [-0.2, -0.15) is 10.4 Å². The molecule has 3 aliphatic rings. The third kappa shape index (κ3) is 4.22. The van der Waals surface area contributed by atoms with Crippen molar-refractivity contribution in [1.82, 2.24) is 34.5 Å². The minimum absolute atomic E-state index is 0.159. The maximum atomic E-state index is 12.5. The first-order chi connectivity index (χ1) is 17.6. The second-order valence-corrected chi connectivity index (χ2v) is 10.5. The highest BCUT2D eigenvalue weighted by atomic mass is 16.6. The lowest BCUT2D eigenvalue weighted by Crippen LogP contribution is -2.66. The van der Waals surface area contributed by atoms with E-state index in [1.165, 1.54) is 25.7 Å². The molecule has 3 aromatic heterocycles. The second-order valence-electron chi connectivity index (χ2n) is 10.5. The lowest BCUT2D eigenvalue weighted by atomic mass is 9.84. The minimum Gasteiger partial charge on any atom is -0.449 e. The number of carbonyl (C=O) groups is 1. The van der Waals surface area contributed by atoms with Crippen molar-refractivity contribution < 1.29 is 9.53 Å². The van der Waals surface area contributed by atoms with Crippen LogP contribution < -0.4 is 0 Å². The molecule has 1 amide bonds. The molecule has 1 aliphatic carbocycles. The van der Waals surface area contributed by atoms with Crippen molar-refractivity contribution in [3.63, 3.8) is 0 Å². The molecule has 3 fully saturated rings. The summed E-state index contributed by atoms with van der Waals surface area (Å²) in [6, 6.07) is 4.76. The molecule has 0 aromatic carbocycles. The third-order valence-electron chi connectivity index (χ3n) is 8.26. The lowest BCUT2D eigenvalue weighted by molar-refractivity contribution is -0.0427. The molecule has 3 aromatic rings. The van der Waals surface area contributed by atoms with E-state index in [2.05, 4.69) is 31.0 Å². The van der Waals surface area contributed by atoms with Gasteiger partial charge in [0, 0.05) is 55.6 Å². The van der Waals surface area contributed by atoms with E-state index >= 15 is 0 Å². The Kier molecular flexibility index (Phi) is 6.09. The van der Waals surface area contributed by atoms with E-state index in [1.807, 2.05) is 34.2 Å². The Bertz CT molecular complexity index is 1260. The van der Waals surface area contributed by atoms with Crippen molar-refractivity contribution in [3.8, 4) is 17.3 Å². The number of H-pyrrole nitrogens is 1. The summed E-state index contributed by atoms with van der Waals surface area (Å²) in [4.78, 5) is 28.7. The molecule has 10 nitrogen and oxygen atoms in total. The SMILES string of the molecule is N#CCC1(n2cc(-c3ncnc4[nH]ccc34)cn2)CN(C2CCN(C(=O)OCC3CCCC3)CC2)C1. The van der Waals surface area contributed by atoms with Crippen LogP contribution in [0, 0.1) is 17.2 Å². The highest BCUT2D eigenvalue weighted by Gasteiger charge is 2.48. The van der Waals surface area contributed by atoms with Crippen LogP contribution in [-0.2, 0) is 10.3 Å². The molecule has 0 unspecified atom stereocenters. The van der Waals surface area contributed by atoms with Gasteiger partial charge in [0.25, 0.3) is 0 Å². The fourth-order valence-corrected chi connectivity index (χ4v) is 6.13. The van der Waals surface area contributed by atoms with Crippen molar-refractivity contribution in [2.24, 2.45) is 5.92 Å². The zero-order chi connectivity index (χ0) is 24.5. The highest BCUT2D eigenvalue weighted by Crippen LogP contribution is 2.37. The third-order valence-corrected chi connectivity index (χ3v) is 8.26. The van der Waals surface area contributed by atoms with Gasteiger partial charge in [-0.3, -0.25) is 9.58 Å².